The predicted octanol–water partition coefficient (Wildman–Crippen LogP) is 6.54. The number of aromatic hydroxyl groups is 1. The van der Waals surface area contributed by atoms with E-state index in [0.29, 0.717) is 17.1 Å². The molecule has 0 spiro atoms. The second-order valence-corrected chi connectivity index (χ2v) is 10.3. The van der Waals surface area contributed by atoms with Gasteiger partial charge in [0.05, 0.1) is 17.1 Å². The number of nitrogens with one attached hydrogen (secondary N) is 1. The number of benzene rings is 3. The highest BCUT2D eigenvalue weighted by Crippen LogP contribution is 2.25. The Morgan fingerprint density at radius 2 is 1.79 bits per heavy atom. The van der Waals surface area contributed by atoms with Crippen LogP contribution in [-0.2, 0) is 12.0 Å². The Kier molecular flexibility index (Phi) is 6.41. The van der Waals surface area contributed by atoms with Crippen molar-refractivity contribution in [1.29, 1.82) is 0 Å². The molecule has 176 valence electrons. The number of fused-ring (bicyclic) bond motifs is 1. The molecule has 1 heterocycles. The van der Waals surface area contributed by atoms with E-state index >= 15 is 0 Å². The van der Waals surface area contributed by atoms with Gasteiger partial charge in [-0.2, -0.15) is 0 Å². The highest BCUT2D eigenvalue weighted by molar-refractivity contribution is 6.30. The summed E-state index contributed by atoms with van der Waals surface area (Å²) in [5.41, 5.74) is 5.52. The average Bonchev–Trinajstić information content (AvgIpc) is 3.06. The predicted molar refractivity (Wildman–Crippen MR) is 138 cm³/mol. The van der Waals surface area contributed by atoms with Gasteiger partial charge in [0.25, 0.3) is 5.91 Å². The Hall–Kier alpha value is -3.31. The summed E-state index contributed by atoms with van der Waals surface area (Å²) >= 11 is 6.09. The molecule has 6 heteroatoms. The van der Waals surface area contributed by atoms with Crippen LogP contribution < -0.4 is 5.32 Å². The van der Waals surface area contributed by atoms with Crippen LogP contribution in [0.5, 0.6) is 5.75 Å². The number of phenols is 1. The lowest BCUT2D eigenvalue weighted by molar-refractivity contribution is 0.0940. The molecule has 0 saturated heterocycles. The van der Waals surface area contributed by atoms with Crippen LogP contribution in [0.25, 0.3) is 11.0 Å². The standard InChI is InChI=1S/C28H30ClN3O2/c1-17(20-6-9-22(10-7-20)28(3,4)5)30-27(34)21-8-11-26-25(14-21)31-18(2)32(26)16-19-12-23(29)15-24(33)13-19/h6-15,17,33H,16H2,1-5H3,(H,30,34)/t17-/m0/s1. The molecule has 0 radical (unpaired) electrons. The number of amides is 1. The van der Waals surface area contributed by atoms with E-state index in [1.54, 1.807) is 6.07 Å². The molecular weight excluding hydrogens is 446 g/mol. The monoisotopic (exact) mass is 475 g/mol. The van der Waals surface area contributed by atoms with Gasteiger partial charge in [0.2, 0.25) is 0 Å². The van der Waals surface area contributed by atoms with Gasteiger partial charge >= 0.3 is 0 Å². The fourth-order valence-corrected chi connectivity index (χ4v) is 4.39. The summed E-state index contributed by atoms with van der Waals surface area (Å²) in [5.74, 6) is 0.811. The number of carbonyl (C=O) groups excluding carboxylic acids is 1. The lowest BCUT2D eigenvalue weighted by atomic mass is 9.86. The first-order chi connectivity index (χ1) is 16.0. The zero-order valence-electron chi connectivity index (χ0n) is 20.2. The van der Waals surface area contributed by atoms with Gasteiger partial charge in [0.1, 0.15) is 11.6 Å². The topological polar surface area (TPSA) is 67.2 Å². The first-order valence-corrected chi connectivity index (χ1v) is 11.8. The van der Waals surface area contributed by atoms with Gasteiger partial charge in [-0.15, -0.1) is 0 Å². The van der Waals surface area contributed by atoms with E-state index in [4.69, 9.17) is 11.6 Å². The third kappa shape index (κ3) is 5.10. The third-order valence-electron chi connectivity index (χ3n) is 6.11. The highest BCUT2D eigenvalue weighted by Gasteiger charge is 2.17. The van der Waals surface area contributed by atoms with Crippen molar-refractivity contribution in [1.82, 2.24) is 14.9 Å². The second kappa shape index (κ2) is 9.15. The van der Waals surface area contributed by atoms with Crippen molar-refractivity contribution in [3.05, 3.63) is 93.8 Å². The molecule has 2 N–H and O–H groups in total. The Balaban J connectivity index is 1.53. The summed E-state index contributed by atoms with van der Waals surface area (Å²) in [4.78, 5) is 17.6. The maximum atomic E-state index is 13.0. The Morgan fingerprint density at radius 1 is 1.09 bits per heavy atom. The minimum atomic E-state index is -0.138. The average molecular weight is 476 g/mol. The first-order valence-electron chi connectivity index (χ1n) is 11.4. The van der Waals surface area contributed by atoms with Gasteiger partial charge in [-0.25, -0.2) is 4.98 Å². The molecule has 0 aliphatic carbocycles. The number of carbonyl (C=O) groups is 1. The number of imidazole rings is 1. The van der Waals surface area contributed by atoms with E-state index in [-0.39, 0.29) is 23.1 Å². The number of aryl methyl sites for hydroxylation is 1. The van der Waals surface area contributed by atoms with Crippen LogP contribution in [0, 0.1) is 6.92 Å². The molecular formula is C28H30ClN3O2. The van der Waals surface area contributed by atoms with Gasteiger partial charge < -0.3 is 15.0 Å². The van der Waals surface area contributed by atoms with Crippen molar-refractivity contribution in [2.24, 2.45) is 0 Å². The molecule has 0 aliphatic heterocycles. The lowest BCUT2D eigenvalue weighted by Crippen LogP contribution is -2.26. The number of rotatable bonds is 5. The van der Waals surface area contributed by atoms with Crippen LogP contribution in [0.4, 0.5) is 0 Å². The molecule has 3 aromatic carbocycles. The molecule has 0 aliphatic rings. The summed E-state index contributed by atoms with van der Waals surface area (Å²) in [5, 5.41) is 13.4. The number of nitrogens with zero attached hydrogens (tertiary/aromatic N) is 2. The third-order valence-corrected chi connectivity index (χ3v) is 6.33. The number of halogens is 1. The molecule has 1 amide bonds. The molecule has 0 saturated carbocycles. The van der Waals surface area contributed by atoms with Gasteiger partial charge in [0, 0.05) is 17.1 Å². The van der Waals surface area contributed by atoms with Crippen LogP contribution in [0.3, 0.4) is 0 Å². The number of hydrogen-bond acceptors (Lipinski definition) is 3. The van der Waals surface area contributed by atoms with Crippen LogP contribution in [-0.4, -0.2) is 20.6 Å². The Bertz CT molecular complexity index is 1330. The van der Waals surface area contributed by atoms with E-state index in [0.717, 1.165) is 28.0 Å². The minimum Gasteiger partial charge on any atom is -0.508 e. The van der Waals surface area contributed by atoms with Crippen LogP contribution in [0.15, 0.2) is 60.7 Å². The van der Waals surface area contributed by atoms with Gasteiger partial charge in [-0.1, -0.05) is 56.6 Å². The zero-order chi connectivity index (χ0) is 24.6. The molecule has 1 atom stereocenters. The summed E-state index contributed by atoms with van der Waals surface area (Å²) in [6.45, 7) is 11.0. The van der Waals surface area contributed by atoms with Gasteiger partial charge in [0.15, 0.2) is 0 Å². The molecule has 0 unspecified atom stereocenters. The SMILES string of the molecule is Cc1nc2cc(C(=O)N[C@@H](C)c3ccc(C(C)(C)C)cc3)ccc2n1Cc1cc(O)cc(Cl)c1. The Labute approximate surface area is 205 Å². The second-order valence-electron chi connectivity index (χ2n) is 9.83. The van der Waals surface area contributed by atoms with E-state index in [2.05, 4.69) is 55.3 Å². The molecule has 34 heavy (non-hydrogen) atoms. The Morgan fingerprint density at radius 3 is 2.44 bits per heavy atom. The number of phenolic OH excluding ortho intramolecular Hbond substituents is 1. The minimum absolute atomic E-state index is 0.0924. The quantitative estimate of drug-likeness (QED) is 0.344. The smallest absolute Gasteiger partial charge is 0.251 e. The first kappa shape index (κ1) is 23.8. The maximum Gasteiger partial charge on any atom is 0.251 e. The van der Waals surface area contributed by atoms with Gasteiger partial charge in [-0.05, 0) is 72.4 Å². The highest BCUT2D eigenvalue weighted by atomic mass is 35.5. The number of aromatic nitrogens is 2. The number of hydrogen-bond donors (Lipinski definition) is 2. The molecule has 1 aromatic heterocycles. The summed E-state index contributed by atoms with van der Waals surface area (Å²) < 4.78 is 2.04. The summed E-state index contributed by atoms with van der Waals surface area (Å²) in [6, 6.07) is 18.9. The molecule has 0 bridgehead atoms. The summed E-state index contributed by atoms with van der Waals surface area (Å²) in [6.07, 6.45) is 0. The molecule has 0 fully saturated rings. The zero-order valence-corrected chi connectivity index (χ0v) is 20.9. The van der Waals surface area contributed by atoms with E-state index in [1.165, 1.54) is 11.6 Å². The van der Waals surface area contributed by atoms with Gasteiger partial charge in [-0.3, -0.25) is 4.79 Å². The van der Waals surface area contributed by atoms with Crippen molar-refractivity contribution >= 4 is 28.5 Å². The van der Waals surface area contributed by atoms with E-state index in [9.17, 15) is 9.90 Å². The maximum absolute atomic E-state index is 13.0. The fraction of sp³-hybridized carbons (Fsp3) is 0.286. The van der Waals surface area contributed by atoms with E-state index in [1.807, 2.05) is 42.7 Å². The van der Waals surface area contributed by atoms with Crippen molar-refractivity contribution in [3.63, 3.8) is 0 Å². The molecule has 4 aromatic rings. The van der Waals surface area contributed by atoms with Crippen LogP contribution in [0.2, 0.25) is 5.02 Å². The van der Waals surface area contributed by atoms with Crippen LogP contribution in [0.1, 0.15) is 66.6 Å². The largest absolute Gasteiger partial charge is 0.508 e. The molecule has 4 rings (SSSR count). The lowest BCUT2D eigenvalue weighted by Gasteiger charge is -2.20. The van der Waals surface area contributed by atoms with Crippen molar-refractivity contribution in [2.45, 2.75) is 52.6 Å². The fourth-order valence-electron chi connectivity index (χ4n) is 4.13. The molecule has 5 nitrogen and oxygen atoms in total. The van der Waals surface area contributed by atoms with Crippen molar-refractivity contribution in [3.8, 4) is 5.75 Å². The van der Waals surface area contributed by atoms with E-state index < -0.39 is 0 Å². The summed E-state index contributed by atoms with van der Waals surface area (Å²) in [7, 11) is 0. The van der Waals surface area contributed by atoms with Crippen LogP contribution >= 0.6 is 11.6 Å². The van der Waals surface area contributed by atoms with Crippen molar-refractivity contribution < 1.29 is 9.90 Å². The normalized spacial score (nSPS) is 12.6. The van der Waals surface area contributed by atoms with Crippen molar-refractivity contribution in [2.75, 3.05) is 0 Å².